The minimum atomic E-state index is -2.15. The van der Waals surface area contributed by atoms with Crippen LogP contribution < -0.4 is 0 Å². The molecule has 1 aliphatic heterocycles. The Kier molecular flexibility index (Phi) is 23.4. The number of ether oxygens (including phenoxy) is 4. The van der Waals surface area contributed by atoms with E-state index in [1.165, 1.54) is 52.6 Å². The summed E-state index contributed by atoms with van der Waals surface area (Å²) in [6, 6.07) is 0. The number of unbranched alkanes of at least 4 members (excludes halogenated alkanes) is 4. The second-order valence-electron chi connectivity index (χ2n) is 14.2. The molecule has 1 aliphatic rings. The zero-order valence-corrected chi connectivity index (χ0v) is 33.3. The molecule has 1 saturated heterocycles. The van der Waals surface area contributed by atoms with Crippen molar-refractivity contribution in [2.75, 3.05) is 20.8 Å². The van der Waals surface area contributed by atoms with Crippen molar-refractivity contribution >= 4 is 32.5 Å². The Morgan fingerprint density at radius 1 is 1.08 bits per heavy atom. The van der Waals surface area contributed by atoms with Gasteiger partial charge in [0, 0.05) is 31.3 Å². The topological polar surface area (TPSA) is 155 Å². The Morgan fingerprint density at radius 2 is 1.65 bits per heavy atom. The van der Waals surface area contributed by atoms with Crippen LogP contribution >= 0.6 is 0 Å². The van der Waals surface area contributed by atoms with Crippen LogP contribution in [-0.4, -0.2) is 87.7 Å². The summed E-state index contributed by atoms with van der Waals surface area (Å²) in [5, 5.41) is 22.5. The fourth-order valence-corrected chi connectivity index (χ4v) is 5.58. The molecule has 0 saturated carbocycles. The number of aliphatic hydroxyl groups is 2. The first kappa shape index (κ1) is 48.5. The monoisotopic (exact) mass is 714 g/mol. The van der Waals surface area contributed by atoms with E-state index < -0.39 is 49.8 Å². The van der Waals surface area contributed by atoms with E-state index in [9.17, 15) is 29.4 Å². The zero-order valence-electron chi connectivity index (χ0n) is 32.3. The van der Waals surface area contributed by atoms with Gasteiger partial charge in [-0.1, -0.05) is 79.4 Å². The summed E-state index contributed by atoms with van der Waals surface area (Å²) < 4.78 is 26.9. The Labute approximate surface area is 296 Å². The Morgan fingerprint density at radius 3 is 2.12 bits per heavy atom. The molecule has 0 spiro atoms. The third-order valence-electron chi connectivity index (χ3n) is 8.49. The molecule has 1 rings (SSSR count). The average Bonchev–Trinajstić information content (AvgIpc) is 3.00. The number of hydrogen-bond acceptors (Lipinski definition) is 11. The molecule has 0 aromatic heterocycles. The minimum Gasteiger partial charge on any atom is -0.469 e. The molecule has 1 fully saturated rings. The minimum absolute atomic E-state index is 0.0308. The Hall–Kier alpha value is -2.64. The quantitative estimate of drug-likeness (QED) is 0.0331. The second kappa shape index (κ2) is 23.7. The maximum atomic E-state index is 12.1. The van der Waals surface area contributed by atoms with Gasteiger partial charge in [0.1, 0.15) is 6.29 Å². The fraction of sp³-hybridized carbons (Fsp3) is 0.730. The van der Waals surface area contributed by atoms with Crippen LogP contribution in [0.4, 0.5) is 0 Å². The first-order chi connectivity index (χ1) is 22.6. The smallest absolute Gasteiger partial charge is 0.330 e. The summed E-state index contributed by atoms with van der Waals surface area (Å²) in [5.41, 5.74) is -0.958. The highest BCUT2D eigenvalue weighted by atomic mass is 28.4. The molecular weight excluding hydrogens is 648 g/mol. The highest BCUT2D eigenvalue weighted by Gasteiger charge is 2.57. The summed E-state index contributed by atoms with van der Waals surface area (Å²) in [4.78, 5) is 45.6. The van der Waals surface area contributed by atoms with E-state index in [4.69, 9.17) is 18.6 Å². The lowest BCUT2D eigenvalue weighted by atomic mass is 9.74. The number of aliphatic hydroxyl groups excluding tert-OH is 1. The molecule has 0 radical (unpaired) electrons. The van der Waals surface area contributed by atoms with E-state index in [0.717, 1.165) is 18.9 Å². The van der Waals surface area contributed by atoms with Crippen LogP contribution in [0.3, 0.4) is 0 Å². The first-order valence-electron chi connectivity index (χ1n) is 17.1. The van der Waals surface area contributed by atoms with Gasteiger partial charge in [0.2, 0.25) is 5.79 Å². The Balaban J connectivity index is 0. The van der Waals surface area contributed by atoms with Crippen LogP contribution in [0.2, 0.25) is 18.1 Å². The van der Waals surface area contributed by atoms with Gasteiger partial charge in [0.15, 0.2) is 14.4 Å². The van der Waals surface area contributed by atoms with Crippen molar-refractivity contribution in [2.24, 2.45) is 5.41 Å². The number of methoxy groups -OCH3 is 2. The predicted octanol–water partition coefficient (Wildman–Crippen LogP) is 6.76. The number of rotatable bonds is 16. The predicted molar refractivity (Wildman–Crippen MR) is 194 cm³/mol. The van der Waals surface area contributed by atoms with E-state index >= 15 is 0 Å². The van der Waals surface area contributed by atoms with Crippen LogP contribution in [0.1, 0.15) is 107 Å². The largest absolute Gasteiger partial charge is 0.469 e. The number of carbonyl (C=O) groups is 4. The van der Waals surface area contributed by atoms with Gasteiger partial charge in [-0.25, -0.2) is 4.79 Å². The van der Waals surface area contributed by atoms with Crippen LogP contribution in [0.5, 0.6) is 0 Å². The summed E-state index contributed by atoms with van der Waals surface area (Å²) >= 11 is 0. The maximum absolute atomic E-state index is 12.1. The number of esters is 3. The van der Waals surface area contributed by atoms with Gasteiger partial charge in [-0.2, -0.15) is 0 Å². The van der Waals surface area contributed by atoms with Gasteiger partial charge >= 0.3 is 17.9 Å². The molecule has 284 valence electrons. The van der Waals surface area contributed by atoms with Crippen molar-refractivity contribution in [3.8, 4) is 0 Å². The summed E-state index contributed by atoms with van der Waals surface area (Å²) in [7, 11) is 0.550. The number of allylic oxidation sites excluding steroid dienone is 2. The van der Waals surface area contributed by atoms with Gasteiger partial charge in [-0.05, 0) is 49.5 Å². The van der Waals surface area contributed by atoms with E-state index in [1.807, 2.05) is 6.92 Å². The molecule has 1 heterocycles. The molecule has 0 bridgehead atoms. The van der Waals surface area contributed by atoms with Gasteiger partial charge in [0.05, 0.1) is 33.0 Å². The maximum Gasteiger partial charge on any atom is 0.330 e. The van der Waals surface area contributed by atoms with Crippen molar-refractivity contribution in [2.45, 2.75) is 149 Å². The van der Waals surface area contributed by atoms with Gasteiger partial charge in [0.25, 0.3) is 0 Å². The standard InChI is InChI=1S/C25H42O9Si.C9H18O2.C3H6/c1-17(27)33-22-18(14-21(29)31-7)13-20(34-25(22,30)24(5,6)11-10-12-26)15-19(28)16-32-35(8,9)23(2,3)4;1-3-4-5-6-7-8-9(10)11-2;1-3-2/h10-12,14,19-20,22,28,30H,13,15-16H2,1-9H3;3-8H2,1-2H3;3H,1H2,2H3/b11-10+,18-14+;;/t19-,20+,22+,25-;;/m1../s1. The lowest BCUT2D eigenvalue weighted by molar-refractivity contribution is -0.326. The van der Waals surface area contributed by atoms with Crippen molar-refractivity contribution in [1.29, 1.82) is 0 Å². The molecule has 2 N–H and O–H groups in total. The highest BCUT2D eigenvalue weighted by Crippen LogP contribution is 2.46. The van der Waals surface area contributed by atoms with Crippen LogP contribution in [0, 0.1) is 5.41 Å². The molecule has 0 aromatic rings. The molecule has 4 atom stereocenters. The SMILES string of the molecule is C=CC.CCCCCCCC(=O)OC.COC(=O)/C=C1\C[C@@H](C[C@@H](O)CO[Si](C)(C)C(C)(C)C)O[C@@](O)(C(C)(C)/C=C/C=O)[C@H]1OC(C)=O. The van der Waals surface area contributed by atoms with Crippen molar-refractivity contribution in [3.05, 3.63) is 36.5 Å². The summed E-state index contributed by atoms with van der Waals surface area (Å²) in [6.45, 7) is 22.4. The molecule has 0 amide bonds. The first-order valence-corrected chi connectivity index (χ1v) is 20.0. The molecule has 12 heteroatoms. The van der Waals surface area contributed by atoms with Crippen LogP contribution in [0.25, 0.3) is 0 Å². The lowest BCUT2D eigenvalue weighted by Gasteiger charge is -2.50. The van der Waals surface area contributed by atoms with Crippen LogP contribution in [0.15, 0.2) is 36.5 Å². The molecule has 0 aromatic carbocycles. The molecule has 0 aliphatic carbocycles. The average molecular weight is 715 g/mol. The zero-order chi connectivity index (χ0) is 38.5. The van der Waals surface area contributed by atoms with Crippen LogP contribution in [-0.2, 0) is 42.6 Å². The fourth-order valence-electron chi connectivity index (χ4n) is 4.53. The van der Waals surface area contributed by atoms with E-state index in [0.29, 0.717) is 12.7 Å². The van der Waals surface area contributed by atoms with Gasteiger partial charge < -0.3 is 33.6 Å². The summed E-state index contributed by atoms with van der Waals surface area (Å²) in [6.07, 6.45) is 9.79. The van der Waals surface area contributed by atoms with Crippen molar-refractivity contribution in [1.82, 2.24) is 0 Å². The number of aldehydes is 1. The van der Waals surface area contributed by atoms with E-state index in [-0.39, 0.29) is 36.0 Å². The van der Waals surface area contributed by atoms with Gasteiger partial charge in [-0.15, -0.1) is 6.58 Å². The highest BCUT2D eigenvalue weighted by molar-refractivity contribution is 6.74. The van der Waals surface area contributed by atoms with E-state index in [1.54, 1.807) is 19.9 Å². The lowest BCUT2D eigenvalue weighted by Crippen LogP contribution is -2.62. The third-order valence-corrected chi connectivity index (χ3v) is 13.0. The Bertz CT molecular complexity index is 1070. The second-order valence-corrected chi connectivity index (χ2v) is 19.0. The van der Waals surface area contributed by atoms with Crippen molar-refractivity contribution < 1.29 is 52.8 Å². The number of hydrogen-bond donors (Lipinski definition) is 2. The third kappa shape index (κ3) is 18.2. The van der Waals surface area contributed by atoms with Crippen molar-refractivity contribution in [3.63, 3.8) is 0 Å². The normalized spacial score (nSPS) is 21.0. The molecular formula is C37H66O11Si. The summed E-state index contributed by atoms with van der Waals surface area (Å²) in [5.74, 6) is -3.62. The molecule has 11 nitrogen and oxygen atoms in total. The number of carbonyl (C=O) groups excluding carboxylic acids is 4. The molecule has 0 unspecified atom stereocenters. The molecule has 49 heavy (non-hydrogen) atoms. The van der Waals surface area contributed by atoms with Gasteiger partial charge in [-0.3, -0.25) is 14.4 Å². The van der Waals surface area contributed by atoms with E-state index in [2.05, 4.69) is 52.1 Å².